The Hall–Kier alpha value is -1.45. The number of esters is 1. The van der Waals surface area contributed by atoms with Crippen molar-refractivity contribution >= 4 is 37.3 Å². The standard InChI is InChI=1S/C15H24N2O5S2/c1-15(2,3)22-14(18)6-5-9-17(4)11-7-8-12(16)13(10-11)23-24(19,20)21/h7-8,10H,5-6,9,16H2,1-4H3,(H,19,20,21). The zero-order chi connectivity index (χ0) is 18.5. The van der Waals surface area contributed by atoms with E-state index in [0.717, 1.165) is 5.69 Å². The predicted octanol–water partition coefficient (Wildman–Crippen LogP) is 2.72. The monoisotopic (exact) mass is 376 g/mol. The Kier molecular flexibility index (Phi) is 6.94. The van der Waals surface area contributed by atoms with Gasteiger partial charge < -0.3 is 15.4 Å². The molecule has 136 valence electrons. The van der Waals surface area contributed by atoms with Gasteiger partial charge in [-0.05, 0) is 45.4 Å². The Bertz CT molecular complexity index is 684. The van der Waals surface area contributed by atoms with Crippen LogP contribution in [0.15, 0.2) is 23.1 Å². The molecule has 0 amide bonds. The summed E-state index contributed by atoms with van der Waals surface area (Å²) in [7, 11) is -2.11. The summed E-state index contributed by atoms with van der Waals surface area (Å²) in [5, 5.41) is 0. The fourth-order valence-corrected chi connectivity index (χ4v) is 3.60. The molecule has 24 heavy (non-hydrogen) atoms. The Morgan fingerprint density at radius 2 is 2.00 bits per heavy atom. The SMILES string of the molecule is CN(CCCC(=O)OC(C)(C)C)c1ccc(N)c(SS(=O)(=O)O)c1. The van der Waals surface area contributed by atoms with Crippen molar-refractivity contribution < 1.29 is 22.5 Å². The Morgan fingerprint density at radius 1 is 1.38 bits per heavy atom. The van der Waals surface area contributed by atoms with Gasteiger partial charge in [0.25, 0.3) is 0 Å². The molecular weight excluding hydrogens is 352 g/mol. The van der Waals surface area contributed by atoms with Gasteiger partial charge in [0, 0.05) is 42.2 Å². The number of hydrogen-bond acceptors (Lipinski definition) is 7. The molecule has 7 nitrogen and oxygen atoms in total. The third kappa shape index (κ3) is 7.89. The average molecular weight is 377 g/mol. The number of nitrogen functional groups attached to an aromatic ring is 1. The van der Waals surface area contributed by atoms with Gasteiger partial charge in [-0.15, -0.1) is 0 Å². The molecule has 1 aromatic carbocycles. The van der Waals surface area contributed by atoms with E-state index in [2.05, 4.69) is 0 Å². The van der Waals surface area contributed by atoms with Crippen LogP contribution in [0.25, 0.3) is 0 Å². The summed E-state index contributed by atoms with van der Waals surface area (Å²) in [6.07, 6.45) is 0.889. The third-order valence-electron chi connectivity index (χ3n) is 2.93. The molecule has 0 fully saturated rings. The topological polar surface area (TPSA) is 110 Å². The minimum Gasteiger partial charge on any atom is -0.460 e. The first-order chi connectivity index (χ1) is 10.9. The van der Waals surface area contributed by atoms with Crippen LogP contribution >= 0.6 is 10.8 Å². The molecule has 0 spiro atoms. The number of nitrogens with zero attached hydrogens (tertiary/aromatic N) is 1. The maximum absolute atomic E-state index is 11.7. The molecule has 0 aromatic heterocycles. The van der Waals surface area contributed by atoms with E-state index in [1.54, 1.807) is 18.2 Å². The lowest BCUT2D eigenvalue weighted by Crippen LogP contribution is -2.25. The lowest BCUT2D eigenvalue weighted by atomic mass is 10.2. The second-order valence-corrected chi connectivity index (χ2v) is 9.57. The molecule has 9 heteroatoms. The quantitative estimate of drug-likeness (QED) is 0.323. The van der Waals surface area contributed by atoms with Crippen molar-refractivity contribution in [2.24, 2.45) is 0 Å². The first kappa shape index (κ1) is 20.6. The van der Waals surface area contributed by atoms with Crippen molar-refractivity contribution in [2.45, 2.75) is 44.1 Å². The lowest BCUT2D eigenvalue weighted by Gasteiger charge is -2.22. The van der Waals surface area contributed by atoms with E-state index in [-0.39, 0.29) is 16.6 Å². The van der Waals surface area contributed by atoms with Crippen LogP contribution in [-0.2, 0) is 18.7 Å². The first-order valence-electron chi connectivity index (χ1n) is 7.37. The summed E-state index contributed by atoms with van der Waals surface area (Å²) in [5.41, 5.74) is 6.22. The van der Waals surface area contributed by atoms with E-state index in [9.17, 15) is 13.2 Å². The highest BCUT2D eigenvalue weighted by Gasteiger charge is 2.16. The number of ether oxygens (including phenoxy) is 1. The van der Waals surface area contributed by atoms with Crippen LogP contribution in [0.4, 0.5) is 11.4 Å². The van der Waals surface area contributed by atoms with Gasteiger partial charge in [-0.25, -0.2) is 0 Å². The smallest absolute Gasteiger partial charge is 0.324 e. The average Bonchev–Trinajstić information content (AvgIpc) is 2.37. The summed E-state index contributed by atoms with van der Waals surface area (Å²) in [6, 6.07) is 4.91. The minimum absolute atomic E-state index is 0.254. The van der Waals surface area contributed by atoms with Crippen LogP contribution in [0.2, 0.25) is 0 Å². The van der Waals surface area contributed by atoms with Crippen molar-refractivity contribution in [3.63, 3.8) is 0 Å². The normalized spacial score (nSPS) is 12.0. The van der Waals surface area contributed by atoms with Crippen molar-refractivity contribution in [1.82, 2.24) is 0 Å². The van der Waals surface area contributed by atoms with E-state index in [1.807, 2.05) is 32.7 Å². The van der Waals surface area contributed by atoms with Crippen LogP contribution in [0.5, 0.6) is 0 Å². The van der Waals surface area contributed by atoms with Gasteiger partial charge in [0.15, 0.2) is 0 Å². The van der Waals surface area contributed by atoms with E-state index in [1.165, 1.54) is 0 Å². The van der Waals surface area contributed by atoms with Gasteiger partial charge in [-0.3, -0.25) is 9.35 Å². The van der Waals surface area contributed by atoms with E-state index in [4.69, 9.17) is 15.0 Å². The molecule has 0 unspecified atom stereocenters. The Morgan fingerprint density at radius 3 is 2.54 bits per heavy atom. The lowest BCUT2D eigenvalue weighted by molar-refractivity contribution is -0.154. The second kappa shape index (κ2) is 8.09. The Labute approximate surface area is 146 Å². The van der Waals surface area contributed by atoms with Crippen molar-refractivity contribution in [1.29, 1.82) is 0 Å². The predicted molar refractivity (Wildman–Crippen MR) is 96.6 cm³/mol. The molecule has 0 saturated carbocycles. The summed E-state index contributed by atoms with van der Waals surface area (Å²) < 4.78 is 36.2. The molecule has 0 bridgehead atoms. The molecule has 1 rings (SSSR count). The molecule has 0 radical (unpaired) electrons. The number of anilines is 2. The highest BCUT2D eigenvalue weighted by molar-refractivity contribution is 8.70. The maximum atomic E-state index is 11.7. The number of nitrogens with two attached hydrogens (primary N) is 1. The van der Waals surface area contributed by atoms with Crippen molar-refractivity contribution in [2.75, 3.05) is 24.2 Å². The molecule has 0 aliphatic rings. The number of carbonyl (C=O) groups is 1. The molecule has 0 atom stereocenters. The van der Waals surface area contributed by atoms with Crippen molar-refractivity contribution in [3.05, 3.63) is 18.2 Å². The highest BCUT2D eigenvalue weighted by atomic mass is 33.1. The number of carbonyl (C=O) groups excluding carboxylic acids is 1. The summed E-state index contributed by atoms with van der Waals surface area (Å²) in [6.45, 7) is 6.04. The summed E-state index contributed by atoms with van der Waals surface area (Å²) in [4.78, 5) is 13.8. The molecular formula is C15H24N2O5S2. The zero-order valence-electron chi connectivity index (χ0n) is 14.3. The van der Waals surface area contributed by atoms with Crippen LogP contribution < -0.4 is 10.6 Å². The van der Waals surface area contributed by atoms with Gasteiger partial charge >= 0.3 is 15.1 Å². The van der Waals surface area contributed by atoms with E-state index in [0.29, 0.717) is 30.2 Å². The van der Waals surface area contributed by atoms with Gasteiger partial charge in [-0.1, -0.05) is 0 Å². The van der Waals surface area contributed by atoms with Crippen molar-refractivity contribution in [3.8, 4) is 0 Å². The minimum atomic E-state index is -4.23. The molecule has 3 N–H and O–H groups in total. The number of benzene rings is 1. The fourth-order valence-electron chi connectivity index (χ4n) is 1.93. The second-order valence-electron chi connectivity index (χ2n) is 6.34. The largest absolute Gasteiger partial charge is 0.460 e. The first-order valence-corrected chi connectivity index (χ1v) is 10.1. The molecule has 0 heterocycles. The van der Waals surface area contributed by atoms with Crippen LogP contribution in [-0.4, -0.2) is 38.1 Å². The summed E-state index contributed by atoms with van der Waals surface area (Å²) in [5.74, 6) is -0.254. The number of rotatable bonds is 7. The molecule has 0 aliphatic carbocycles. The highest BCUT2D eigenvalue weighted by Crippen LogP contribution is 2.32. The van der Waals surface area contributed by atoms with E-state index >= 15 is 0 Å². The summed E-state index contributed by atoms with van der Waals surface area (Å²) >= 11 is 0. The van der Waals surface area contributed by atoms with Crippen LogP contribution in [0, 0.1) is 0 Å². The van der Waals surface area contributed by atoms with Gasteiger partial charge in [0.1, 0.15) is 5.60 Å². The van der Waals surface area contributed by atoms with Crippen LogP contribution in [0.3, 0.4) is 0 Å². The van der Waals surface area contributed by atoms with Crippen LogP contribution in [0.1, 0.15) is 33.6 Å². The van der Waals surface area contributed by atoms with Gasteiger partial charge in [0.05, 0.1) is 4.90 Å². The van der Waals surface area contributed by atoms with Gasteiger partial charge in [0.2, 0.25) is 0 Å². The van der Waals surface area contributed by atoms with Gasteiger partial charge in [-0.2, -0.15) is 8.42 Å². The molecule has 1 aromatic rings. The number of hydrogen-bond donors (Lipinski definition) is 2. The van der Waals surface area contributed by atoms with E-state index < -0.39 is 14.8 Å². The molecule has 0 saturated heterocycles. The maximum Gasteiger partial charge on any atom is 0.324 e. The zero-order valence-corrected chi connectivity index (χ0v) is 15.9. The molecule has 0 aliphatic heterocycles. The fraction of sp³-hybridized carbons (Fsp3) is 0.533. The Balaban J connectivity index is 2.64. The third-order valence-corrected chi connectivity index (χ3v) is 4.84.